The molecular formula is C21H26N4O4S. The molecule has 1 saturated heterocycles. The molecule has 2 amide bonds. The van der Waals surface area contributed by atoms with Crippen LogP contribution in [0.5, 0.6) is 0 Å². The molecule has 0 aliphatic carbocycles. The topological polar surface area (TPSA) is 101 Å². The van der Waals surface area contributed by atoms with Crippen LogP contribution in [-0.4, -0.2) is 54.4 Å². The van der Waals surface area contributed by atoms with Crippen molar-refractivity contribution in [2.24, 2.45) is 5.92 Å². The van der Waals surface area contributed by atoms with Crippen LogP contribution in [0.3, 0.4) is 0 Å². The Kier molecular flexibility index (Phi) is 7.17. The van der Waals surface area contributed by atoms with Crippen LogP contribution < -0.4 is 10.6 Å². The number of carbonyl (C=O) groups is 3. The number of likely N-dealkylation sites (tertiary alicyclic amines) is 1. The number of nitrogens with one attached hydrogen (secondary N) is 2. The summed E-state index contributed by atoms with van der Waals surface area (Å²) in [6, 6.07) is 6.58. The number of anilines is 2. The first-order valence-electron chi connectivity index (χ1n) is 9.81. The maximum atomic E-state index is 12.7. The molecule has 2 aromatic rings. The van der Waals surface area contributed by atoms with E-state index in [1.54, 1.807) is 24.3 Å². The number of nitrogens with zero attached hydrogens (tertiary/aromatic N) is 2. The van der Waals surface area contributed by atoms with Gasteiger partial charge in [-0.3, -0.25) is 14.5 Å². The highest BCUT2D eigenvalue weighted by Crippen LogP contribution is 2.22. The van der Waals surface area contributed by atoms with Gasteiger partial charge in [-0.05, 0) is 57.5 Å². The molecule has 0 radical (unpaired) electrons. The van der Waals surface area contributed by atoms with Gasteiger partial charge in [0.15, 0.2) is 5.13 Å². The van der Waals surface area contributed by atoms with Gasteiger partial charge in [-0.25, -0.2) is 9.78 Å². The predicted octanol–water partition coefficient (Wildman–Crippen LogP) is 2.84. The van der Waals surface area contributed by atoms with Crippen LogP contribution >= 0.6 is 11.3 Å². The monoisotopic (exact) mass is 430 g/mol. The normalized spacial score (nSPS) is 16.7. The van der Waals surface area contributed by atoms with Crippen LogP contribution in [0, 0.1) is 19.8 Å². The van der Waals surface area contributed by atoms with E-state index >= 15 is 0 Å². The highest BCUT2D eigenvalue weighted by Gasteiger charge is 2.27. The number of piperidine rings is 1. The van der Waals surface area contributed by atoms with Gasteiger partial charge in [-0.15, -0.1) is 11.3 Å². The van der Waals surface area contributed by atoms with Gasteiger partial charge in [0.25, 0.3) is 0 Å². The zero-order valence-corrected chi connectivity index (χ0v) is 18.2. The third kappa shape index (κ3) is 5.64. The number of carbonyl (C=O) groups excluding carboxylic acids is 3. The Morgan fingerprint density at radius 2 is 1.93 bits per heavy atom. The molecule has 2 N–H and O–H groups in total. The van der Waals surface area contributed by atoms with Crippen LogP contribution in [0.2, 0.25) is 0 Å². The van der Waals surface area contributed by atoms with Crippen LogP contribution in [-0.2, 0) is 14.3 Å². The van der Waals surface area contributed by atoms with E-state index in [1.165, 1.54) is 18.4 Å². The summed E-state index contributed by atoms with van der Waals surface area (Å²) in [5.74, 6) is -0.825. The number of ether oxygens (including phenoxy) is 1. The van der Waals surface area contributed by atoms with Gasteiger partial charge in [-0.2, -0.15) is 0 Å². The number of benzene rings is 1. The van der Waals surface area contributed by atoms with Crippen molar-refractivity contribution in [3.8, 4) is 0 Å². The highest BCUT2D eigenvalue weighted by atomic mass is 32.1. The predicted molar refractivity (Wildman–Crippen MR) is 116 cm³/mol. The van der Waals surface area contributed by atoms with E-state index in [1.807, 2.05) is 18.7 Å². The lowest BCUT2D eigenvalue weighted by atomic mass is 9.97. The summed E-state index contributed by atoms with van der Waals surface area (Å²) in [7, 11) is 1.33. The lowest BCUT2D eigenvalue weighted by molar-refractivity contribution is -0.123. The molecule has 9 heteroatoms. The number of rotatable bonds is 6. The lowest BCUT2D eigenvalue weighted by Gasteiger charge is -2.31. The third-order valence-electron chi connectivity index (χ3n) is 5.09. The number of hydrogen-bond donors (Lipinski definition) is 2. The Labute approximate surface area is 179 Å². The Bertz CT molecular complexity index is 906. The summed E-state index contributed by atoms with van der Waals surface area (Å²) in [4.78, 5) is 43.9. The number of hydrogen-bond acceptors (Lipinski definition) is 7. The van der Waals surface area contributed by atoms with Crippen molar-refractivity contribution in [3.63, 3.8) is 0 Å². The molecule has 1 aliphatic heterocycles. The van der Waals surface area contributed by atoms with Crippen LogP contribution in [0.1, 0.15) is 33.8 Å². The lowest BCUT2D eigenvalue weighted by Crippen LogP contribution is -2.43. The molecule has 1 aromatic heterocycles. The maximum Gasteiger partial charge on any atom is 0.337 e. The second-order valence-corrected chi connectivity index (χ2v) is 8.54. The highest BCUT2D eigenvalue weighted by molar-refractivity contribution is 7.15. The number of thiazole rings is 1. The quantitative estimate of drug-likeness (QED) is 0.684. The largest absolute Gasteiger partial charge is 0.465 e. The average molecular weight is 431 g/mol. The third-order valence-corrected chi connectivity index (χ3v) is 6.08. The second-order valence-electron chi connectivity index (χ2n) is 7.34. The molecule has 8 nitrogen and oxygen atoms in total. The minimum Gasteiger partial charge on any atom is -0.465 e. The minimum absolute atomic E-state index is 0.0860. The number of esters is 1. The van der Waals surface area contributed by atoms with Crippen molar-refractivity contribution in [1.82, 2.24) is 9.88 Å². The van der Waals surface area contributed by atoms with Gasteiger partial charge in [0, 0.05) is 17.1 Å². The molecule has 1 unspecified atom stereocenters. The summed E-state index contributed by atoms with van der Waals surface area (Å²) in [6.45, 7) is 5.42. The first kappa shape index (κ1) is 21.9. The summed E-state index contributed by atoms with van der Waals surface area (Å²) in [6.07, 6.45) is 1.62. The molecule has 1 atom stereocenters. The number of aryl methyl sites for hydroxylation is 2. The van der Waals surface area contributed by atoms with E-state index in [4.69, 9.17) is 0 Å². The van der Waals surface area contributed by atoms with E-state index in [0.717, 1.165) is 30.0 Å². The van der Waals surface area contributed by atoms with Crippen molar-refractivity contribution in [1.29, 1.82) is 0 Å². The van der Waals surface area contributed by atoms with Crippen LogP contribution in [0.15, 0.2) is 24.3 Å². The van der Waals surface area contributed by atoms with Gasteiger partial charge in [0.1, 0.15) is 0 Å². The fourth-order valence-electron chi connectivity index (χ4n) is 3.35. The molecule has 0 spiro atoms. The molecule has 2 heterocycles. The number of aromatic nitrogens is 1. The number of amides is 2. The Balaban J connectivity index is 1.51. The van der Waals surface area contributed by atoms with Crippen LogP contribution in [0.25, 0.3) is 0 Å². The molecule has 1 aromatic carbocycles. The minimum atomic E-state index is -0.419. The SMILES string of the molecule is COC(=O)c1ccc(NC(=O)C2CCCN(CC(=O)Nc3nc(C)c(C)s3)C2)cc1. The zero-order valence-electron chi connectivity index (χ0n) is 17.4. The molecule has 3 rings (SSSR count). The molecule has 0 bridgehead atoms. The Hall–Kier alpha value is -2.78. The zero-order chi connectivity index (χ0) is 21.7. The summed E-state index contributed by atoms with van der Waals surface area (Å²) in [5.41, 5.74) is 1.97. The van der Waals surface area contributed by atoms with Crippen molar-refractivity contribution in [2.45, 2.75) is 26.7 Å². The van der Waals surface area contributed by atoms with Gasteiger partial charge in [0.2, 0.25) is 11.8 Å². The molecule has 160 valence electrons. The van der Waals surface area contributed by atoms with Gasteiger partial charge >= 0.3 is 5.97 Å². The molecular weight excluding hydrogens is 404 g/mol. The van der Waals surface area contributed by atoms with Crippen molar-refractivity contribution in [3.05, 3.63) is 40.4 Å². The molecule has 30 heavy (non-hydrogen) atoms. The molecule has 0 saturated carbocycles. The fourth-order valence-corrected chi connectivity index (χ4v) is 4.18. The Morgan fingerprint density at radius 3 is 2.57 bits per heavy atom. The van der Waals surface area contributed by atoms with Crippen molar-refractivity contribution < 1.29 is 19.1 Å². The number of methoxy groups -OCH3 is 1. The molecule has 1 aliphatic rings. The first-order valence-corrected chi connectivity index (χ1v) is 10.6. The summed E-state index contributed by atoms with van der Waals surface area (Å²) < 4.78 is 4.67. The standard InChI is InChI=1S/C21H26N4O4S/c1-13-14(2)30-21(22-13)24-18(26)12-25-10-4-5-16(11-25)19(27)23-17-8-6-15(7-9-17)20(28)29-3/h6-9,16H,4-5,10-12H2,1-3H3,(H,23,27)(H,22,24,26). The smallest absolute Gasteiger partial charge is 0.337 e. The summed E-state index contributed by atoms with van der Waals surface area (Å²) in [5, 5.41) is 6.34. The van der Waals surface area contributed by atoms with Gasteiger partial charge in [-0.1, -0.05) is 0 Å². The average Bonchev–Trinajstić information content (AvgIpc) is 3.04. The first-order chi connectivity index (χ1) is 14.4. The van der Waals surface area contributed by atoms with E-state index in [-0.39, 0.29) is 24.3 Å². The van der Waals surface area contributed by atoms with Crippen LogP contribution in [0.4, 0.5) is 10.8 Å². The maximum absolute atomic E-state index is 12.7. The van der Waals surface area contributed by atoms with E-state index in [9.17, 15) is 14.4 Å². The van der Waals surface area contributed by atoms with E-state index in [0.29, 0.717) is 22.9 Å². The van der Waals surface area contributed by atoms with Crippen molar-refractivity contribution in [2.75, 3.05) is 37.4 Å². The van der Waals surface area contributed by atoms with E-state index < -0.39 is 5.97 Å². The van der Waals surface area contributed by atoms with Gasteiger partial charge < -0.3 is 15.4 Å². The molecule has 1 fully saturated rings. The second kappa shape index (κ2) is 9.82. The van der Waals surface area contributed by atoms with Crippen molar-refractivity contribution >= 4 is 39.9 Å². The Morgan fingerprint density at radius 1 is 1.20 bits per heavy atom. The summed E-state index contributed by atoms with van der Waals surface area (Å²) >= 11 is 1.46. The van der Waals surface area contributed by atoms with Gasteiger partial charge in [0.05, 0.1) is 30.8 Å². The van der Waals surface area contributed by atoms with E-state index in [2.05, 4.69) is 20.4 Å². The fraction of sp³-hybridized carbons (Fsp3) is 0.429.